The van der Waals surface area contributed by atoms with Gasteiger partial charge in [-0.1, -0.05) is 48.5 Å². The second-order valence-electron chi connectivity index (χ2n) is 9.07. The highest BCUT2D eigenvalue weighted by atomic mass is 32.2. The lowest BCUT2D eigenvalue weighted by Crippen LogP contribution is -2.44. The molecule has 0 saturated carbocycles. The van der Waals surface area contributed by atoms with Gasteiger partial charge in [-0.15, -0.1) is 0 Å². The Balaban J connectivity index is 1.25. The maximum atomic E-state index is 13.0. The molecule has 0 N–H and O–H groups in total. The van der Waals surface area contributed by atoms with E-state index >= 15 is 0 Å². The zero-order valence-electron chi connectivity index (χ0n) is 21.3. The highest BCUT2D eigenvalue weighted by Crippen LogP contribution is 2.35. The smallest absolute Gasteiger partial charge is 0.294 e. The third-order valence-electron chi connectivity index (χ3n) is 6.66. The summed E-state index contributed by atoms with van der Waals surface area (Å²) in [6.45, 7) is 0.926. The molecule has 0 unspecified atom stereocenters. The van der Waals surface area contributed by atoms with Crippen LogP contribution in [0.4, 0.5) is 4.79 Å². The third kappa shape index (κ3) is 5.66. The molecule has 1 fully saturated rings. The maximum Gasteiger partial charge on any atom is 0.294 e. The fraction of sp³-hybridized carbons (Fsp3) is 0.200. The summed E-state index contributed by atoms with van der Waals surface area (Å²) in [5.74, 6) is 0.166. The molecule has 3 amide bonds. The average molecular weight is 540 g/mol. The van der Waals surface area contributed by atoms with E-state index in [2.05, 4.69) is 12.1 Å². The minimum Gasteiger partial charge on any atom is -0.493 e. The highest BCUT2D eigenvalue weighted by Gasteiger charge is 2.37. The van der Waals surface area contributed by atoms with Gasteiger partial charge in [0.25, 0.3) is 11.1 Å². The van der Waals surface area contributed by atoms with Gasteiger partial charge < -0.3 is 14.4 Å². The first-order chi connectivity index (χ1) is 19.0. The van der Waals surface area contributed by atoms with Crippen LogP contribution in [0, 0.1) is 11.3 Å². The van der Waals surface area contributed by atoms with Crippen molar-refractivity contribution in [3.63, 3.8) is 0 Å². The molecule has 0 bridgehead atoms. The van der Waals surface area contributed by atoms with Crippen LogP contribution in [0.3, 0.4) is 0 Å². The number of carbonyl (C=O) groups is 3. The molecule has 8 nitrogen and oxygen atoms in total. The Labute approximate surface area is 230 Å². The van der Waals surface area contributed by atoms with Gasteiger partial charge in [0.15, 0.2) is 11.5 Å². The Morgan fingerprint density at radius 3 is 2.62 bits per heavy atom. The van der Waals surface area contributed by atoms with E-state index in [0.717, 1.165) is 34.2 Å². The van der Waals surface area contributed by atoms with E-state index in [4.69, 9.17) is 9.47 Å². The SMILES string of the molecule is COc1cc(/C=C2\SC(=O)N(CC(=O)N3CCc4ccccc4C3)C2=O)ccc1OCc1ccccc1C#N. The number of ether oxygens (including phenoxy) is 2. The molecule has 3 aromatic carbocycles. The first kappa shape index (κ1) is 26.1. The minimum absolute atomic E-state index is 0.189. The number of nitriles is 1. The number of hydrogen-bond acceptors (Lipinski definition) is 7. The summed E-state index contributed by atoms with van der Waals surface area (Å²) < 4.78 is 11.4. The number of amides is 3. The van der Waals surface area contributed by atoms with Crippen molar-refractivity contribution in [2.75, 3.05) is 20.2 Å². The number of benzene rings is 3. The van der Waals surface area contributed by atoms with Gasteiger partial charge in [0.1, 0.15) is 13.2 Å². The van der Waals surface area contributed by atoms with E-state index < -0.39 is 11.1 Å². The number of rotatable bonds is 7. The van der Waals surface area contributed by atoms with Crippen LogP contribution in [0.5, 0.6) is 11.5 Å². The van der Waals surface area contributed by atoms with Gasteiger partial charge in [-0.25, -0.2) is 0 Å². The fourth-order valence-electron chi connectivity index (χ4n) is 4.54. The van der Waals surface area contributed by atoms with Crippen LogP contribution in [-0.4, -0.2) is 47.1 Å². The number of carbonyl (C=O) groups excluding carboxylic acids is 3. The van der Waals surface area contributed by atoms with Gasteiger partial charge in [0.05, 0.1) is 23.6 Å². The molecule has 2 heterocycles. The Morgan fingerprint density at radius 1 is 1.05 bits per heavy atom. The van der Waals surface area contributed by atoms with E-state index in [9.17, 15) is 19.6 Å². The molecule has 0 aromatic heterocycles. The van der Waals surface area contributed by atoms with Crippen molar-refractivity contribution >= 4 is 34.9 Å². The van der Waals surface area contributed by atoms with E-state index in [1.807, 2.05) is 30.3 Å². The molecule has 0 aliphatic carbocycles. The van der Waals surface area contributed by atoms with Crippen LogP contribution in [0.1, 0.15) is 27.8 Å². The van der Waals surface area contributed by atoms with E-state index in [-0.39, 0.29) is 24.0 Å². The summed E-state index contributed by atoms with van der Waals surface area (Å²) in [5, 5.41) is 8.81. The second kappa shape index (κ2) is 11.5. The third-order valence-corrected chi connectivity index (χ3v) is 7.56. The monoisotopic (exact) mass is 539 g/mol. The predicted molar refractivity (Wildman–Crippen MR) is 147 cm³/mol. The predicted octanol–water partition coefficient (Wildman–Crippen LogP) is 4.77. The molecule has 0 radical (unpaired) electrons. The standard InChI is InChI=1S/C30H25N3O5S/c1-37-26-14-20(10-11-25(26)38-19-24-9-5-3-7-22(24)16-31)15-27-29(35)33(30(36)39-27)18-28(34)32-13-12-21-6-2-4-8-23(21)17-32/h2-11,14-15H,12-13,17-19H2,1H3/b27-15-. The second-order valence-corrected chi connectivity index (χ2v) is 10.1. The van der Waals surface area contributed by atoms with Crippen LogP contribution in [-0.2, 0) is 29.2 Å². The van der Waals surface area contributed by atoms with Crippen LogP contribution >= 0.6 is 11.8 Å². The van der Waals surface area contributed by atoms with Crippen molar-refractivity contribution in [3.05, 3.63) is 99.5 Å². The van der Waals surface area contributed by atoms with Crippen LogP contribution in [0.25, 0.3) is 6.08 Å². The summed E-state index contributed by atoms with van der Waals surface area (Å²) in [5.41, 5.74) is 4.23. The molecular weight excluding hydrogens is 514 g/mol. The lowest BCUT2D eigenvalue weighted by Gasteiger charge is -2.29. The topological polar surface area (TPSA) is 99.9 Å². The lowest BCUT2D eigenvalue weighted by atomic mass is 10.00. The largest absolute Gasteiger partial charge is 0.493 e. The number of hydrogen-bond donors (Lipinski definition) is 0. The van der Waals surface area contributed by atoms with Gasteiger partial charge in [-0.2, -0.15) is 5.26 Å². The molecule has 196 valence electrons. The van der Waals surface area contributed by atoms with Gasteiger partial charge in [0, 0.05) is 18.7 Å². The molecule has 3 aromatic rings. The number of thioether (sulfide) groups is 1. The van der Waals surface area contributed by atoms with Crippen molar-refractivity contribution in [1.82, 2.24) is 9.80 Å². The Hall–Kier alpha value is -4.55. The van der Waals surface area contributed by atoms with Crippen LogP contribution in [0.15, 0.2) is 71.6 Å². The molecule has 1 saturated heterocycles. The summed E-state index contributed by atoms with van der Waals surface area (Å²) in [7, 11) is 1.51. The van der Waals surface area contributed by atoms with Crippen molar-refractivity contribution in [2.45, 2.75) is 19.6 Å². The molecule has 5 rings (SSSR count). The van der Waals surface area contributed by atoms with Crippen molar-refractivity contribution < 1.29 is 23.9 Å². The average Bonchev–Trinajstić information content (AvgIpc) is 3.23. The van der Waals surface area contributed by atoms with Gasteiger partial charge in [0.2, 0.25) is 5.91 Å². The molecule has 2 aliphatic heterocycles. The Morgan fingerprint density at radius 2 is 1.82 bits per heavy atom. The number of fused-ring (bicyclic) bond motifs is 1. The molecule has 39 heavy (non-hydrogen) atoms. The lowest BCUT2D eigenvalue weighted by molar-refractivity contribution is -0.136. The highest BCUT2D eigenvalue weighted by molar-refractivity contribution is 8.18. The van der Waals surface area contributed by atoms with Crippen molar-refractivity contribution in [3.8, 4) is 17.6 Å². The number of imide groups is 1. The van der Waals surface area contributed by atoms with Gasteiger partial charge >= 0.3 is 0 Å². The quantitative estimate of drug-likeness (QED) is 0.399. The molecular formula is C30H25N3O5S. The van der Waals surface area contributed by atoms with Crippen LogP contribution in [0.2, 0.25) is 0 Å². The zero-order chi connectivity index (χ0) is 27.4. The first-order valence-electron chi connectivity index (χ1n) is 12.4. The summed E-state index contributed by atoms with van der Waals surface area (Å²) in [4.78, 5) is 41.6. The Bertz CT molecular complexity index is 1530. The van der Waals surface area contributed by atoms with Gasteiger partial charge in [-0.3, -0.25) is 19.3 Å². The fourth-order valence-corrected chi connectivity index (χ4v) is 5.37. The molecule has 0 atom stereocenters. The number of methoxy groups -OCH3 is 1. The summed E-state index contributed by atoms with van der Waals surface area (Å²) in [6.07, 6.45) is 2.35. The van der Waals surface area contributed by atoms with Crippen molar-refractivity contribution in [2.24, 2.45) is 0 Å². The Kier molecular flexibility index (Phi) is 7.66. The van der Waals surface area contributed by atoms with E-state index in [1.54, 1.807) is 41.3 Å². The normalized spacial score (nSPS) is 15.7. The number of nitrogens with zero attached hydrogens (tertiary/aromatic N) is 3. The molecule has 0 spiro atoms. The van der Waals surface area contributed by atoms with Crippen LogP contribution < -0.4 is 9.47 Å². The summed E-state index contributed by atoms with van der Waals surface area (Å²) >= 11 is 0.808. The zero-order valence-corrected chi connectivity index (χ0v) is 22.1. The van der Waals surface area contributed by atoms with Gasteiger partial charge in [-0.05, 0) is 59.1 Å². The minimum atomic E-state index is -0.497. The van der Waals surface area contributed by atoms with E-state index in [0.29, 0.717) is 35.7 Å². The summed E-state index contributed by atoms with van der Waals surface area (Å²) in [6, 6.07) is 22.5. The van der Waals surface area contributed by atoms with E-state index in [1.165, 1.54) is 12.7 Å². The molecule has 9 heteroatoms. The van der Waals surface area contributed by atoms with Crippen molar-refractivity contribution in [1.29, 1.82) is 5.26 Å². The maximum absolute atomic E-state index is 13.0. The molecule has 2 aliphatic rings. The first-order valence-corrected chi connectivity index (χ1v) is 13.2.